The normalized spacial score (nSPS) is 10.9. The molecular formula is C13H12N4O. The van der Waals surface area contributed by atoms with E-state index in [4.69, 9.17) is 0 Å². The summed E-state index contributed by atoms with van der Waals surface area (Å²) in [7, 11) is 0. The maximum Gasteiger partial charge on any atom is 0.232 e. The summed E-state index contributed by atoms with van der Waals surface area (Å²) in [5, 5.41) is 4.16. The van der Waals surface area contributed by atoms with Gasteiger partial charge in [-0.3, -0.25) is 4.79 Å². The summed E-state index contributed by atoms with van der Waals surface area (Å²) in [6.07, 6.45) is 6.85. The van der Waals surface area contributed by atoms with Crippen LogP contribution in [0.15, 0.2) is 43.0 Å². The highest BCUT2D eigenvalue weighted by Crippen LogP contribution is 2.14. The Bertz CT molecular complexity index is 710. The second-order valence-electron chi connectivity index (χ2n) is 3.95. The van der Waals surface area contributed by atoms with Crippen LogP contribution in [0.1, 0.15) is 23.1 Å². The summed E-state index contributed by atoms with van der Waals surface area (Å²) < 4.78 is 3.52. The Balaban J connectivity index is 2.13. The standard InChI is InChI=1S/C13H12N4O/c1-2-16-8-6-14-13(16)12(18)10-9-15-17-7-4-3-5-11(10)17/h3-9H,2H2,1H3. The number of nitrogens with zero attached hydrogens (tertiary/aromatic N) is 4. The van der Waals surface area contributed by atoms with Crippen molar-refractivity contribution in [2.75, 3.05) is 0 Å². The summed E-state index contributed by atoms with van der Waals surface area (Å²) in [6.45, 7) is 2.70. The fourth-order valence-electron chi connectivity index (χ4n) is 2.00. The van der Waals surface area contributed by atoms with Gasteiger partial charge in [-0.1, -0.05) is 6.07 Å². The molecule has 0 radical (unpaired) electrons. The zero-order chi connectivity index (χ0) is 12.5. The largest absolute Gasteiger partial charge is 0.328 e. The van der Waals surface area contributed by atoms with Crippen LogP contribution in [0.25, 0.3) is 5.52 Å². The second-order valence-corrected chi connectivity index (χ2v) is 3.95. The first-order valence-electron chi connectivity index (χ1n) is 5.79. The number of rotatable bonds is 3. The first kappa shape index (κ1) is 10.7. The molecule has 5 heteroatoms. The third-order valence-electron chi connectivity index (χ3n) is 2.93. The van der Waals surface area contributed by atoms with Crippen LogP contribution in [0.4, 0.5) is 0 Å². The van der Waals surface area contributed by atoms with E-state index >= 15 is 0 Å². The first-order chi connectivity index (χ1) is 8.81. The smallest absolute Gasteiger partial charge is 0.232 e. The lowest BCUT2D eigenvalue weighted by molar-refractivity contribution is 0.102. The topological polar surface area (TPSA) is 52.2 Å². The molecule has 0 atom stereocenters. The molecule has 0 aliphatic rings. The SMILES string of the molecule is CCn1ccnc1C(=O)c1cnn2ccccc12. The molecule has 0 fully saturated rings. The lowest BCUT2D eigenvalue weighted by Crippen LogP contribution is -2.10. The van der Waals surface area contributed by atoms with E-state index in [1.165, 1.54) is 0 Å². The Morgan fingerprint density at radius 1 is 1.33 bits per heavy atom. The van der Waals surface area contributed by atoms with Gasteiger partial charge in [0.1, 0.15) is 0 Å². The molecule has 90 valence electrons. The number of fused-ring (bicyclic) bond motifs is 1. The molecule has 0 saturated heterocycles. The number of imidazole rings is 1. The van der Waals surface area contributed by atoms with Crippen LogP contribution in [0.5, 0.6) is 0 Å². The molecule has 3 aromatic rings. The first-order valence-corrected chi connectivity index (χ1v) is 5.79. The van der Waals surface area contributed by atoms with Crippen LogP contribution in [-0.4, -0.2) is 24.9 Å². The van der Waals surface area contributed by atoms with Gasteiger partial charge in [0.05, 0.1) is 17.3 Å². The molecule has 0 amide bonds. The molecule has 0 unspecified atom stereocenters. The van der Waals surface area contributed by atoms with Crippen LogP contribution in [0.2, 0.25) is 0 Å². The number of aromatic nitrogens is 4. The number of pyridine rings is 1. The Morgan fingerprint density at radius 3 is 3.06 bits per heavy atom. The predicted octanol–water partition coefficient (Wildman–Crippen LogP) is 1.78. The van der Waals surface area contributed by atoms with Crippen LogP contribution in [-0.2, 0) is 6.54 Å². The van der Waals surface area contributed by atoms with Gasteiger partial charge in [-0.05, 0) is 19.1 Å². The average Bonchev–Trinajstić information content (AvgIpc) is 3.04. The minimum absolute atomic E-state index is 0.0944. The number of hydrogen-bond acceptors (Lipinski definition) is 3. The van der Waals surface area contributed by atoms with Gasteiger partial charge in [0.25, 0.3) is 0 Å². The van der Waals surface area contributed by atoms with Crippen LogP contribution < -0.4 is 0 Å². The highest BCUT2D eigenvalue weighted by Gasteiger charge is 2.18. The maximum absolute atomic E-state index is 12.4. The number of hydrogen-bond donors (Lipinski definition) is 0. The third-order valence-corrected chi connectivity index (χ3v) is 2.93. The highest BCUT2D eigenvalue weighted by atomic mass is 16.1. The van der Waals surface area contributed by atoms with Gasteiger partial charge in [0.2, 0.25) is 5.78 Å². The second kappa shape index (κ2) is 4.10. The van der Waals surface area contributed by atoms with Crippen molar-refractivity contribution in [1.82, 2.24) is 19.2 Å². The molecular weight excluding hydrogens is 228 g/mol. The summed E-state index contributed by atoms with van der Waals surface area (Å²) in [4.78, 5) is 16.6. The van der Waals surface area contributed by atoms with E-state index in [1.54, 1.807) is 23.1 Å². The lowest BCUT2D eigenvalue weighted by Gasteiger charge is -2.02. The molecule has 0 aliphatic heterocycles. The lowest BCUT2D eigenvalue weighted by atomic mass is 10.1. The Kier molecular flexibility index (Phi) is 2.44. The van der Waals surface area contributed by atoms with Gasteiger partial charge < -0.3 is 4.57 Å². The molecule has 0 bridgehead atoms. The van der Waals surface area contributed by atoms with Crippen molar-refractivity contribution in [3.63, 3.8) is 0 Å². The summed E-state index contributed by atoms with van der Waals surface area (Å²) in [5.74, 6) is 0.360. The van der Waals surface area contributed by atoms with Gasteiger partial charge in [0, 0.05) is 25.1 Å². The van der Waals surface area contributed by atoms with Crippen molar-refractivity contribution in [3.8, 4) is 0 Å². The molecule has 18 heavy (non-hydrogen) atoms. The maximum atomic E-state index is 12.4. The number of carbonyl (C=O) groups is 1. The van der Waals surface area contributed by atoms with E-state index in [0.717, 1.165) is 12.1 Å². The molecule has 0 aliphatic carbocycles. The molecule has 0 N–H and O–H groups in total. The molecule has 3 aromatic heterocycles. The molecule has 5 nitrogen and oxygen atoms in total. The van der Waals surface area contributed by atoms with Gasteiger partial charge in [-0.2, -0.15) is 5.10 Å². The number of ketones is 1. The Labute approximate surface area is 104 Å². The van der Waals surface area contributed by atoms with E-state index in [1.807, 2.05) is 35.9 Å². The van der Waals surface area contributed by atoms with Crippen molar-refractivity contribution in [2.45, 2.75) is 13.5 Å². The minimum Gasteiger partial charge on any atom is -0.328 e. The summed E-state index contributed by atoms with van der Waals surface area (Å²) >= 11 is 0. The summed E-state index contributed by atoms with van der Waals surface area (Å²) in [5.41, 5.74) is 1.38. The van der Waals surface area contributed by atoms with Crippen molar-refractivity contribution in [1.29, 1.82) is 0 Å². The van der Waals surface area contributed by atoms with E-state index in [0.29, 0.717) is 11.4 Å². The average molecular weight is 240 g/mol. The van der Waals surface area contributed by atoms with Gasteiger partial charge in [-0.25, -0.2) is 9.50 Å². The van der Waals surface area contributed by atoms with Crippen molar-refractivity contribution >= 4 is 11.3 Å². The van der Waals surface area contributed by atoms with Gasteiger partial charge in [0.15, 0.2) is 5.82 Å². The quantitative estimate of drug-likeness (QED) is 0.656. The fraction of sp³-hybridized carbons (Fsp3) is 0.154. The Hall–Kier alpha value is -2.43. The molecule has 0 spiro atoms. The molecule has 3 rings (SSSR count). The summed E-state index contributed by atoms with van der Waals surface area (Å²) in [6, 6.07) is 5.64. The zero-order valence-corrected chi connectivity index (χ0v) is 9.95. The van der Waals surface area contributed by atoms with Gasteiger partial charge >= 0.3 is 0 Å². The van der Waals surface area contributed by atoms with E-state index < -0.39 is 0 Å². The zero-order valence-electron chi connectivity index (χ0n) is 9.95. The van der Waals surface area contributed by atoms with Crippen molar-refractivity contribution in [2.24, 2.45) is 0 Å². The van der Waals surface area contributed by atoms with E-state index in [-0.39, 0.29) is 5.78 Å². The monoisotopic (exact) mass is 240 g/mol. The van der Waals surface area contributed by atoms with Crippen LogP contribution >= 0.6 is 0 Å². The third kappa shape index (κ3) is 1.52. The van der Waals surface area contributed by atoms with Crippen molar-refractivity contribution in [3.05, 3.63) is 54.4 Å². The molecule has 0 saturated carbocycles. The molecule has 0 aromatic carbocycles. The van der Waals surface area contributed by atoms with Gasteiger partial charge in [-0.15, -0.1) is 0 Å². The predicted molar refractivity (Wildman–Crippen MR) is 66.5 cm³/mol. The van der Waals surface area contributed by atoms with Crippen molar-refractivity contribution < 1.29 is 4.79 Å². The Morgan fingerprint density at radius 2 is 2.22 bits per heavy atom. The molecule has 3 heterocycles. The minimum atomic E-state index is -0.0944. The van der Waals surface area contributed by atoms with E-state index in [2.05, 4.69) is 10.1 Å². The van der Waals surface area contributed by atoms with Crippen LogP contribution in [0, 0.1) is 0 Å². The van der Waals surface area contributed by atoms with E-state index in [9.17, 15) is 4.79 Å². The van der Waals surface area contributed by atoms with Crippen LogP contribution in [0.3, 0.4) is 0 Å². The fourth-order valence-corrected chi connectivity index (χ4v) is 2.00. The number of aryl methyl sites for hydroxylation is 1. The highest BCUT2D eigenvalue weighted by molar-refractivity contribution is 6.11. The number of carbonyl (C=O) groups excluding carboxylic acids is 1.